The second-order valence-corrected chi connectivity index (χ2v) is 7.70. The lowest BCUT2D eigenvalue weighted by Gasteiger charge is -2.11. The lowest BCUT2D eigenvalue weighted by molar-refractivity contribution is 0.575. The van der Waals surface area contributed by atoms with Crippen LogP contribution in [0.15, 0.2) is 20.9 Å². The molecular formula is C12H17BrN2S2. The molecule has 0 aromatic carbocycles. The molecule has 2 rings (SSSR count). The van der Waals surface area contributed by atoms with Crippen molar-refractivity contribution in [1.29, 1.82) is 0 Å². The van der Waals surface area contributed by atoms with Crippen LogP contribution >= 0.6 is 39.0 Å². The number of hydrogen-bond donors (Lipinski definition) is 1. The monoisotopic (exact) mass is 332 g/mol. The Hall–Kier alpha value is -0.000000000000000111. The van der Waals surface area contributed by atoms with Gasteiger partial charge in [0.1, 0.15) is 0 Å². The van der Waals surface area contributed by atoms with E-state index in [0.29, 0.717) is 5.25 Å². The minimum atomic E-state index is 0.671. The third-order valence-electron chi connectivity index (χ3n) is 2.54. The summed E-state index contributed by atoms with van der Waals surface area (Å²) in [6.45, 7) is 6.39. The average Bonchev–Trinajstić information content (AvgIpc) is 2.84. The number of nitrogens with one attached hydrogen (secondary N) is 1. The van der Waals surface area contributed by atoms with Crippen molar-refractivity contribution in [1.82, 2.24) is 5.32 Å². The molecule has 0 spiro atoms. The largest absolute Gasteiger partial charge is 0.360 e. The SMILES string of the molecule is CC(C)CC1CN=C(NCc2sccc2Br)S1. The van der Waals surface area contributed by atoms with E-state index < -0.39 is 0 Å². The van der Waals surface area contributed by atoms with Crippen LogP contribution in [0, 0.1) is 5.92 Å². The highest BCUT2D eigenvalue weighted by molar-refractivity contribution is 9.10. The molecule has 0 aliphatic carbocycles. The topological polar surface area (TPSA) is 24.4 Å². The molecule has 17 heavy (non-hydrogen) atoms. The Balaban J connectivity index is 1.77. The molecule has 0 fully saturated rings. The summed E-state index contributed by atoms with van der Waals surface area (Å²) in [5, 5.41) is 7.30. The van der Waals surface area contributed by atoms with E-state index >= 15 is 0 Å². The zero-order valence-electron chi connectivity index (χ0n) is 10.1. The summed E-state index contributed by atoms with van der Waals surface area (Å²) in [7, 11) is 0. The van der Waals surface area contributed by atoms with E-state index in [2.05, 4.69) is 51.5 Å². The van der Waals surface area contributed by atoms with Gasteiger partial charge in [0, 0.05) is 14.6 Å². The molecule has 1 aromatic heterocycles. The average molecular weight is 333 g/mol. The molecule has 0 bridgehead atoms. The smallest absolute Gasteiger partial charge is 0.157 e. The lowest BCUT2D eigenvalue weighted by Crippen LogP contribution is -2.18. The maximum Gasteiger partial charge on any atom is 0.157 e. The van der Waals surface area contributed by atoms with Crippen molar-refractivity contribution in [2.75, 3.05) is 6.54 Å². The van der Waals surface area contributed by atoms with E-state index in [9.17, 15) is 0 Å². The predicted octanol–water partition coefficient (Wildman–Crippen LogP) is 4.12. The van der Waals surface area contributed by atoms with Gasteiger partial charge < -0.3 is 5.32 Å². The molecule has 1 aliphatic rings. The molecule has 2 nitrogen and oxygen atoms in total. The summed E-state index contributed by atoms with van der Waals surface area (Å²) < 4.78 is 1.19. The molecule has 94 valence electrons. The lowest BCUT2D eigenvalue weighted by atomic mass is 10.1. The zero-order valence-corrected chi connectivity index (χ0v) is 13.3. The Bertz CT molecular complexity index is 401. The van der Waals surface area contributed by atoms with Gasteiger partial charge in [-0.15, -0.1) is 11.3 Å². The number of nitrogens with zero attached hydrogens (tertiary/aromatic N) is 1. The molecule has 1 N–H and O–H groups in total. The highest BCUT2D eigenvalue weighted by atomic mass is 79.9. The van der Waals surface area contributed by atoms with Gasteiger partial charge in [-0.2, -0.15) is 0 Å². The summed E-state index contributed by atoms with van der Waals surface area (Å²) >= 11 is 7.21. The first kappa shape index (κ1) is 13.4. The Morgan fingerprint density at radius 3 is 3.06 bits per heavy atom. The van der Waals surface area contributed by atoms with Crippen molar-refractivity contribution >= 4 is 44.2 Å². The van der Waals surface area contributed by atoms with Crippen molar-refractivity contribution in [3.05, 3.63) is 20.8 Å². The number of aliphatic imine (C=N–C) groups is 1. The van der Waals surface area contributed by atoms with E-state index in [4.69, 9.17) is 0 Å². The first-order chi connectivity index (χ1) is 8.15. The molecule has 1 unspecified atom stereocenters. The third-order valence-corrected chi connectivity index (χ3v) is 5.64. The molecule has 0 saturated carbocycles. The van der Waals surface area contributed by atoms with Gasteiger partial charge in [0.15, 0.2) is 5.17 Å². The third kappa shape index (κ3) is 4.00. The van der Waals surface area contributed by atoms with Crippen LogP contribution in [0.3, 0.4) is 0 Å². The van der Waals surface area contributed by atoms with Crippen LogP contribution in [-0.4, -0.2) is 17.0 Å². The minimum Gasteiger partial charge on any atom is -0.360 e. The fourth-order valence-corrected chi connectivity index (χ4v) is 4.45. The van der Waals surface area contributed by atoms with Crippen molar-refractivity contribution in [3.63, 3.8) is 0 Å². The second-order valence-electron chi connectivity index (χ2n) is 4.56. The first-order valence-corrected chi connectivity index (χ1v) is 8.37. The van der Waals surface area contributed by atoms with Gasteiger partial charge in [-0.05, 0) is 39.7 Å². The number of amidine groups is 1. The fraction of sp³-hybridized carbons (Fsp3) is 0.583. The van der Waals surface area contributed by atoms with Crippen LogP contribution in [0.2, 0.25) is 0 Å². The van der Waals surface area contributed by atoms with Crippen LogP contribution in [0.5, 0.6) is 0 Å². The molecule has 5 heteroatoms. The molecule has 1 aromatic rings. The Morgan fingerprint density at radius 1 is 1.59 bits per heavy atom. The predicted molar refractivity (Wildman–Crippen MR) is 82.0 cm³/mol. The number of halogens is 1. The first-order valence-electron chi connectivity index (χ1n) is 5.82. The molecular weight excluding hydrogens is 316 g/mol. The Morgan fingerprint density at radius 2 is 2.41 bits per heavy atom. The second kappa shape index (κ2) is 6.25. The molecule has 0 amide bonds. The zero-order chi connectivity index (χ0) is 12.3. The van der Waals surface area contributed by atoms with E-state index in [0.717, 1.165) is 24.2 Å². The Labute approximate surface area is 119 Å². The number of thiophene rings is 1. The number of rotatable bonds is 4. The van der Waals surface area contributed by atoms with E-state index in [1.807, 2.05) is 11.8 Å². The van der Waals surface area contributed by atoms with Gasteiger partial charge in [-0.1, -0.05) is 25.6 Å². The molecule has 0 radical (unpaired) electrons. The van der Waals surface area contributed by atoms with Gasteiger partial charge >= 0.3 is 0 Å². The summed E-state index contributed by atoms with van der Waals surface area (Å²) in [5.41, 5.74) is 0. The van der Waals surface area contributed by atoms with Gasteiger partial charge in [0.25, 0.3) is 0 Å². The summed E-state index contributed by atoms with van der Waals surface area (Å²) in [4.78, 5) is 5.89. The van der Waals surface area contributed by atoms with Crippen LogP contribution in [0.1, 0.15) is 25.1 Å². The van der Waals surface area contributed by atoms with Crippen molar-refractivity contribution in [2.24, 2.45) is 10.9 Å². The summed E-state index contributed by atoms with van der Waals surface area (Å²) in [6.07, 6.45) is 1.25. The fourth-order valence-electron chi connectivity index (χ4n) is 1.77. The normalized spacial score (nSPS) is 19.8. The molecule has 1 aliphatic heterocycles. The Kier molecular flexibility index (Phi) is 4.94. The van der Waals surface area contributed by atoms with Crippen LogP contribution in [-0.2, 0) is 6.54 Å². The number of hydrogen-bond acceptors (Lipinski definition) is 4. The minimum absolute atomic E-state index is 0.671. The maximum atomic E-state index is 4.56. The molecule has 0 saturated heterocycles. The van der Waals surface area contributed by atoms with E-state index in [1.54, 1.807) is 11.3 Å². The summed E-state index contributed by atoms with van der Waals surface area (Å²) in [6, 6.07) is 2.09. The highest BCUT2D eigenvalue weighted by Gasteiger charge is 2.20. The summed E-state index contributed by atoms with van der Waals surface area (Å²) in [5.74, 6) is 0.758. The van der Waals surface area contributed by atoms with Crippen molar-refractivity contribution in [3.8, 4) is 0 Å². The van der Waals surface area contributed by atoms with Crippen molar-refractivity contribution in [2.45, 2.75) is 32.1 Å². The highest BCUT2D eigenvalue weighted by Crippen LogP contribution is 2.27. The van der Waals surface area contributed by atoms with Crippen LogP contribution in [0.4, 0.5) is 0 Å². The van der Waals surface area contributed by atoms with Crippen LogP contribution < -0.4 is 5.32 Å². The van der Waals surface area contributed by atoms with Gasteiger partial charge in [0.05, 0.1) is 13.1 Å². The quantitative estimate of drug-likeness (QED) is 0.896. The van der Waals surface area contributed by atoms with Crippen molar-refractivity contribution < 1.29 is 0 Å². The standard InChI is InChI=1S/C12H17BrN2S2/c1-8(2)5-9-6-14-12(17-9)15-7-11-10(13)3-4-16-11/h3-4,8-9H,5-7H2,1-2H3,(H,14,15). The molecule has 2 heterocycles. The van der Waals surface area contributed by atoms with Gasteiger partial charge in [0.2, 0.25) is 0 Å². The number of thioether (sulfide) groups is 1. The van der Waals surface area contributed by atoms with Gasteiger partial charge in [-0.3, -0.25) is 4.99 Å². The van der Waals surface area contributed by atoms with Crippen LogP contribution in [0.25, 0.3) is 0 Å². The van der Waals surface area contributed by atoms with Gasteiger partial charge in [-0.25, -0.2) is 0 Å². The van der Waals surface area contributed by atoms with E-state index in [1.165, 1.54) is 15.8 Å². The molecule has 1 atom stereocenters. The maximum absolute atomic E-state index is 4.56. The van der Waals surface area contributed by atoms with E-state index in [-0.39, 0.29) is 0 Å².